The number of thiophene rings is 1. The standard InChI is InChI=1S/C28H30N2O4S/c1-28(2,3)18-11-12-19-22(15-18)35-26-23(19)25(31)29-24(30-26)17-10-13-20(21(14-17)33-4)34-27(32)16-8-6-5-7-9-16/h5-10,13-14,18,24,30H,11-12,15H2,1-4H3,(H,29,31)/t18-,24+/m0/s1. The van der Waals surface area contributed by atoms with Crippen molar-refractivity contribution in [1.82, 2.24) is 5.32 Å². The third kappa shape index (κ3) is 4.52. The van der Waals surface area contributed by atoms with Crippen LogP contribution in [0.4, 0.5) is 5.00 Å². The van der Waals surface area contributed by atoms with Gasteiger partial charge in [0.25, 0.3) is 5.91 Å². The van der Waals surface area contributed by atoms with Gasteiger partial charge < -0.3 is 20.1 Å². The molecule has 1 aliphatic carbocycles. The molecule has 0 bridgehead atoms. The van der Waals surface area contributed by atoms with Crippen molar-refractivity contribution in [3.63, 3.8) is 0 Å². The summed E-state index contributed by atoms with van der Waals surface area (Å²) in [5.41, 5.74) is 3.54. The van der Waals surface area contributed by atoms with Crippen molar-refractivity contribution in [3.8, 4) is 11.5 Å². The van der Waals surface area contributed by atoms with Crippen LogP contribution in [0, 0.1) is 11.3 Å². The van der Waals surface area contributed by atoms with Gasteiger partial charge in [0, 0.05) is 4.88 Å². The molecule has 2 atom stereocenters. The Bertz CT molecular complexity index is 1280. The molecule has 0 unspecified atom stereocenters. The molecule has 0 saturated heterocycles. The lowest BCUT2D eigenvalue weighted by atomic mass is 9.72. The number of esters is 1. The van der Waals surface area contributed by atoms with E-state index in [1.807, 2.05) is 12.1 Å². The minimum Gasteiger partial charge on any atom is -0.493 e. The van der Waals surface area contributed by atoms with E-state index in [0.29, 0.717) is 23.0 Å². The van der Waals surface area contributed by atoms with Gasteiger partial charge in [-0.3, -0.25) is 4.79 Å². The molecule has 1 aromatic heterocycles. The fraction of sp³-hybridized carbons (Fsp3) is 0.357. The molecule has 1 aliphatic heterocycles. The van der Waals surface area contributed by atoms with Gasteiger partial charge in [0.05, 0.1) is 18.2 Å². The van der Waals surface area contributed by atoms with Crippen LogP contribution < -0.4 is 20.1 Å². The first-order chi connectivity index (χ1) is 16.7. The second-order valence-corrected chi connectivity index (χ2v) is 11.3. The van der Waals surface area contributed by atoms with E-state index in [1.54, 1.807) is 47.7 Å². The van der Waals surface area contributed by atoms with Crippen molar-refractivity contribution in [3.05, 3.63) is 75.7 Å². The number of rotatable bonds is 4. The highest BCUT2D eigenvalue weighted by molar-refractivity contribution is 7.16. The third-order valence-corrected chi connectivity index (χ3v) is 8.19. The zero-order chi connectivity index (χ0) is 24.7. The Morgan fingerprint density at radius 3 is 2.54 bits per heavy atom. The van der Waals surface area contributed by atoms with Crippen molar-refractivity contribution in [2.24, 2.45) is 11.3 Å². The normalized spacial score (nSPS) is 19.1. The number of ether oxygens (including phenoxy) is 2. The first-order valence-electron chi connectivity index (χ1n) is 11.9. The molecule has 6 nitrogen and oxygen atoms in total. The predicted molar refractivity (Wildman–Crippen MR) is 138 cm³/mol. The van der Waals surface area contributed by atoms with Crippen molar-refractivity contribution < 1.29 is 19.1 Å². The SMILES string of the molecule is COc1cc([C@@H]2NC(=O)c3c(sc4c3CC[C@H](C(C)(C)C)C4)N2)ccc1OC(=O)c1ccccc1. The minimum absolute atomic E-state index is 0.0472. The van der Waals surface area contributed by atoms with Crippen molar-refractivity contribution in [2.45, 2.75) is 46.2 Å². The van der Waals surface area contributed by atoms with Gasteiger partial charge >= 0.3 is 5.97 Å². The number of methoxy groups -OCH3 is 1. The summed E-state index contributed by atoms with van der Waals surface area (Å²) in [6.07, 6.45) is 2.67. The second kappa shape index (κ2) is 9.04. The molecule has 5 rings (SSSR count). The molecule has 2 aromatic carbocycles. The number of amides is 1. The Kier molecular flexibility index (Phi) is 6.05. The highest BCUT2D eigenvalue weighted by Gasteiger charge is 2.36. The summed E-state index contributed by atoms with van der Waals surface area (Å²) >= 11 is 1.71. The Hall–Kier alpha value is -3.32. The molecular formula is C28H30N2O4S. The van der Waals surface area contributed by atoms with Crippen LogP contribution in [0.25, 0.3) is 0 Å². The van der Waals surface area contributed by atoms with Gasteiger partial charge in [0.1, 0.15) is 11.2 Å². The number of fused-ring (bicyclic) bond motifs is 3. The lowest BCUT2D eigenvalue weighted by molar-refractivity contribution is 0.0729. The van der Waals surface area contributed by atoms with E-state index in [0.717, 1.165) is 35.4 Å². The number of hydrogen-bond donors (Lipinski definition) is 2. The molecule has 3 aromatic rings. The molecule has 0 radical (unpaired) electrons. The number of benzene rings is 2. The quantitative estimate of drug-likeness (QED) is 0.347. The van der Waals surface area contributed by atoms with E-state index >= 15 is 0 Å². The Morgan fingerprint density at radius 1 is 1.06 bits per heavy atom. The van der Waals surface area contributed by atoms with E-state index in [1.165, 1.54) is 17.6 Å². The van der Waals surface area contributed by atoms with Gasteiger partial charge in [-0.25, -0.2) is 4.79 Å². The van der Waals surface area contributed by atoms with Crippen LogP contribution in [-0.2, 0) is 12.8 Å². The summed E-state index contributed by atoms with van der Waals surface area (Å²) in [6.45, 7) is 6.89. The first-order valence-corrected chi connectivity index (χ1v) is 12.7. The molecular weight excluding hydrogens is 460 g/mol. The highest BCUT2D eigenvalue weighted by atomic mass is 32.1. The van der Waals surface area contributed by atoms with Gasteiger partial charge in [-0.15, -0.1) is 11.3 Å². The van der Waals surface area contributed by atoms with Crippen LogP contribution in [0.1, 0.15) is 70.1 Å². The van der Waals surface area contributed by atoms with Gasteiger partial charge in [0.2, 0.25) is 0 Å². The lowest BCUT2D eigenvalue weighted by Gasteiger charge is -2.34. The number of carbonyl (C=O) groups excluding carboxylic acids is 2. The van der Waals surface area contributed by atoms with E-state index < -0.39 is 12.1 Å². The smallest absolute Gasteiger partial charge is 0.343 e. The maximum atomic E-state index is 13.2. The topological polar surface area (TPSA) is 76.7 Å². The van der Waals surface area contributed by atoms with E-state index in [2.05, 4.69) is 31.4 Å². The lowest BCUT2D eigenvalue weighted by Crippen LogP contribution is -2.38. The number of nitrogens with one attached hydrogen (secondary N) is 2. The third-order valence-electron chi connectivity index (χ3n) is 7.00. The Morgan fingerprint density at radius 2 is 1.83 bits per heavy atom. The maximum Gasteiger partial charge on any atom is 0.343 e. The summed E-state index contributed by atoms with van der Waals surface area (Å²) in [5, 5.41) is 7.54. The van der Waals surface area contributed by atoms with Gasteiger partial charge in [-0.2, -0.15) is 0 Å². The Balaban J connectivity index is 1.37. The monoisotopic (exact) mass is 490 g/mol. The molecule has 2 heterocycles. The molecule has 2 aliphatic rings. The number of anilines is 1. The fourth-order valence-corrected chi connectivity index (χ4v) is 6.24. The van der Waals surface area contributed by atoms with E-state index in [9.17, 15) is 9.59 Å². The summed E-state index contributed by atoms with van der Waals surface area (Å²) in [5.74, 6) is 0.862. The molecule has 1 amide bonds. The molecule has 0 saturated carbocycles. The average molecular weight is 491 g/mol. The predicted octanol–water partition coefficient (Wildman–Crippen LogP) is 5.98. The Labute approximate surface area is 209 Å². The van der Waals surface area contributed by atoms with Crippen molar-refractivity contribution >= 4 is 28.2 Å². The average Bonchev–Trinajstić information content (AvgIpc) is 3.22. The van der Waals surface area contributed by atoms with Crippen LogP contribution in [0.5, 0.6) is 11.5 Å². The number of hydrogen-bond acceptors (Lipinski definition) is 6. The van der Waals surface area contributed by atoms with E-state index in [-0.39, 0.29) is 11.3 Å². The van der Waals surface area contributed by atoms with Crippen LogP contribution in [0.2, 0.25) is 0 Å². The highest BCUT2D eigenvalue weighted by Crippen LogP contribution is 2.46. The van der Waals surface area contributed by atoms with Crippen LogP contribution in [0.15, 0.2) is 48.5 Å². The summed E-state index contributed by atoms with van der Waals surface area (Å²) in [6, 6.07) is 14.1. The zero-order valence-electron chi connectivity index (χ0n) is 20.4. The fourth-order valence-electron chi connectivity index (χ4n) is 4.89. The van der Waals surface area contributed by atoms with Crippen molar-refractivity contribution in [1.29, 1.82) is 0 Å². The molecule has 7 heteroatoms. The summed E-state index contributed by atoms with van der Waals surface area (Å²) < 4.78 is 11.1. The first kappa shape index (κ1) is 23.4. The summed E-state index contributed by atoms with van der Waals surface area (Å²) in [7, 11) is 1.53. The van der Waals surface area contributed by atoms with E-state index in [4.69, 9.17) is 9.47 Å². The van der Waals surface area contributed by atoms with Crippen LogP contribution in [-0.4, -0.2) is 19.0 Å². The van der Waals surface area contributed by atoms with Crippen LogP contribution in [0.3, 0.4) is 0 Å². The van der Waals surface area contributed by atoms with Gasteiger partial charge in [-0.1, -0.05) is 45.0 Å². The largest absolute Gasteiger partial charge is 0.493 e. The second-order valence-electron chi connectivity index (χ2n) is 10.2. The molecule has 2 N–H and O–H groups in total. The minimum atomic E-state index is -0.455. The molecule has 0 spiro atoms. The number of carbonyl (C=O) groups is 2. The molecule has 0 fully saturated rings. The van der Waals surface area contributed by atoms with Gasteiger partial charge in [-0.05, 0) is 66.0 Å². The molecule has 35 heavy (non-hydrogen) atoms. The summed E-state index contributed by atoms with van der Waals surface area (Å²) in [4.78, 5) is 27.0. The molecule has 182 valence electrons. The zero-order valence-corrected chi connectivity index (χ0v) is 21.3. The van der Waals surface area contributed by atoms with Crippen LogP contribution >= 0.6 is 11.3 Å². The van der Waals surface area contributed by atoms with Crippen molar-refractivity contribution in [2.75, 3.05) is 12.4 Å². The van der Waals surface area contributed by atoms with Gasteiger partial charge in [0.15, 0.2) is 11.5 Å². The maximum absolute atomic E-state index is 13.2.